The molecule has 1 fully saturated rings. The third kappa shape index (κ3) is 5.49. The van der Waals surface area contributed by atoms with Crippen molar-refractivity contribution < 1.29 is 22.1 Å². The molecule has 5 rings (SSSR count). The van der Waals surface area contributed by atoms with Crippen LogP contribution < -0.4 is 0 Å². The van der Waals surface area contributed by atoms with Crippen molar-refractivity contribution in [3.63, 3.8) is 0 Å². The summed E-state index contributed by atoms with van der Waals surface area (Å²) in [4.78, 5) is 3.12. The van der Waals surface area contributed by atoms with Crippen LogP contribution in [0, 0.1) is 12.7 Å². The van der Waals surface area contributed by atoms with Gasteiger partial charge in [-0.25, -0.2) is 9.07 Å². The highest BCUT2D eigenvalue weighted by atomic mass is 32.2. The molecule has 0 amide bonds. The second kappa shape index (κ2) is 10.0. The Bertz CT molecular complexity index is 1390. The number of hydrogen-bond acceptors (Lipinski definition) is 6. The van der Waals surface area contributed by atoms with E-state index in [0.717, 1.165) is 22.0 Å². The molecule has 4 aromatic rings. The SMILES string of the molecule is Cc1cc2c(cnn2-c2ccc(F)cc2)cc1C1CN([S+]([O-])c2cnn(C)n2)CCN1CCC(F)(F)F. The molecule has 13 heteroatoms. The van der Waals surface area contributed by atoms with Crippen molar-refractivity contribution in [1.29, 1.82) is 0 Å². The zero-order chi connectivity index (χ0) is 26.3. The minimum atomic E-state index is -4.28. The van der Waals surface area contributed by atoms with E-state index in [9.17, 15) is 22.1 Å². The molecule has 1 saturated heterocycles. The average Bonchev–Trinajstić information content (AvgIpc) is 3.47. The number of halogens is 4. The minimum absolute atomic E-state index is 0.161. The topological polar surface area (TPSA) is 78.1 Å². The van der Waals surface area contributed by atoms with Gasteiger partial charge >= 0.3 is 11.2 Å². The summed E-state index contributed by atoms with van der Waals surface area (Å²) >= 11 is -1.59. The first-order valence-corrected chi connectivity index (χ1v) is 12.8. The predicted molar refractivity (Wildman–Crippen MR) is 130 cm³/mol. The van der Waals surface area contributed by atoms with E-state index >= 15 is 0 Å². The molecule has 8 nitrogen and oxygen atoms in total. The van der Waals surface area contributed by atoms with E-state index in [2.05, 4.69) is 15.3 Å². The summed E-state index contributed by atoms with van der Waals surface area (Å²) in [5.41, 5.74) is 3.20. The Hall–Kier alpha value is -3.00. The monoisotopic (exact) mass is 535 g/mol. The van der Waals surface area contributed by atoms with Crippen LogP contribution in [0.2, 0.25) is 0 Å². The van der Waals surface area contributed by atoms with Gasteiger partial charge in [0.15, 0.2) is 0 Å². The first-order valence-electron chi connectivity index (χ1n) is 11.7. The molecule has 1 aliphatic heterocycles. The van der Waals surface area contributed by atoms with Crippen LogP contribution in [0.25, 0.3) is 16.6 Å². The molecular weight excluding hydrogens is 510 g/mol. The highest BCUT2D eigenvalue weighted by Gasteiger charge is 2.38. The number of benzene rings is 2. The van der Waals surface area contributed by atoms with Crippen molar-refractivity contribution in [3.05, 3.63) is 65.7 Å². The van der Waals surface area contributed by atoms with E-state index in [4.69, 9.17) is 0 Å². The molecule has 0 spiro atoms. The van der Waals surface area contributed by atoms with Gasteiger partial charge in [0.05, 0.1) is 43.0 Å². The van der Waals surface area contributed by atoms with Crippen molar-refractivity contribution in [2.24, 2.45) is 7.05 Å². The van der Waals surface area contributed by atoms with Crippen LogP contribution in [0.3, 0.4) is 0 Å². The molecule has 0 saturated carbocycles. The van der Waals surface area contributed by atoms with Gasteiger partial charge in [-0.1, -0.05) is 0 Å². The van der Waals surface area contributed by atoms with Crippen LogP contribution in [0.4, 0.5) is 17.6 Å². The molecule has 196 valence electrons. The zero-order valence-electron chi connectivity index (χ0n) is 20.2. The quantitative estimate of drug-likeness (QED) is 0.275. The summed E-state index contributed by atoms with van der Waals surface area (Å²) in [6, 6.07) is 9.41. The van der Waals surface area contributed by atoms with Crippen molar-refractivity contribution in [2.45, 2.75) is 30.6 Å². The largest absolute Gasteiger partial charge is 0.591 e. The molecule has 2 unspecified atom stereocenters. The smallest absolute Gasteiger partial charge is 0.390 e. The summed E-state index contributed by atoms with van der Waals surface area (Å²) < 4.78 is 69.3. The molecule has 0 radical (unpaired) electrons. The molecule has 0 aliphatic carbocycles. The van der Waals surface area contributed by atoms with E-state index in [1.54, 1.807) is 39.3 Å². The van der Waals surface area contributed by atoms with Gasteiger partial charge in [-0.15, -0.1) is 9.40 Å². The van der Waals surface area contributed by atoms with Gasteiger partial charge in [0.2, 0.25) is 0 Å². The number of aromatic nitrogens is 5. The van der Waals surface area contributed by atoms with Gasteiger partial charge < -0.3 is 4.55 Å². The fraction of sp³-hybridized carbons (Fsp3) is 0.375. The summed E-state index contributed by atoms with van der Waals surface area (Å²) in [7, 11) is 1.63. The Morgan fingerprint density at radius 3 is 2.51 bits per heavy atom. The Kier molecular flexibility index (Phi) is 6.96. The number of fused-ring (bicyclic) bond motifs is 1. The number of rotatable bonds is 6. The summed E-state index contributed by atoms with van der Waals surface area (Å²) in [6.45, 7) is 2.66. The van der Waals surface area contributed by atoms with Crippen LogP contribution in [0.1, 0.15) is 23.6 Å². The summed E-state index contributed by atoms with van der Waals surface area (Å²) in [5.74, 6) is -0.349. The highest BCUT2D eigenvalue weighted by Crippen LogP contribution is 2.34. The first-order chi connectivity index (χ1) is 17.6. The maximum atomic E-state index is 13.4. The van der Waals surface area contributed by atoms with Gasteiger partial charge in [0.1, 0.15) is 23.4 Å². The van der Waals surface area contributed by atoms with Gasteiger partial charge in [-0.05, 0) is 54.4 Å². The van der Waals surface area contributed by atoms with Crippen LogP contribution in [0.5, 0.6) is 0 Å². The molecule has 2 aromatic carbocycles. The van der Waals surface area contributed by atoms with Crippen LogP contribution in [-0.2, 0) is 18.4 Å². The molecule has 0 bridgehead atoms. The van der Waals surface area contributed by atoms with Gasteiger partial charge in [0.25, 0.3) is 0 Å². The van der Waals surface area contributed by atoms with Crippen molar-refractivity contribution in [3.8, 4) is 5.69 Å². The maximum Gasteiger partial charge on any atom is 0.390 e. The average molecular weight is 536 g/mol. The Morgan fingerprint density at radius 2 is 1.84 bits per heavy atom. The zero-order valence-corrected chi connectivity index (χ0v) is 21.0. The normalized spacial score (nSPS) is 18.5. The van der Waals surface area contributed by atoms with Crippen molar-refractivity contribution in [2.75, 3.05) is 26.2 Å². The Labute approximate surface area is 213 Å². The van der Waals surface area contributed by atoms with Crippen LogP contribution >= 0.6 is 0 Å². The number of nitrogens with zero attached hydrogens (tertiary/aromatic N) is 7. The van der Waals surface area contributed by atoms with E-state index in [0.29, 0.717) is 23.8 Å². The van der Waals surface area contributed by atoms with Crippen molar-refractivity contribution >= 4 is 22.3 Å². The van der Waals surface area contributed by atoms with E-state index in [1.807, 2.05) is 19.1 Å². The number of alkyl halides is 3. The lowest BCUT2D eigenvalue weighted by atomic mass is 9.96. The number of aryl methyl sites for hydroxylation is 2. The molecule has 2 aromatic heterocycles. The fourth-order valence-electron chi connectivity index (χ4n) is 4.66. The van der Waals surface area contributed by atoms with Crippen LogP contribution in [-0.4, -0.2) is 70.9 Å². The number of piperazine rings is 1. The van der Waals surface area contributed by atoms with E-state index in [1.165, 1.54) is 23.1 Å². The standard InChI is InChI=1S/C24H25F4N7OS/c1-16-11-21-17(13-30-35(21)19-5-3-18(25)4-6-19)12-20(16)22-15-34(37(36)23-14-29-32(2)31-23)10-9-33(22)8-7-24(26,27)28/h3-6,11-14,22H,7-10,15H2,1-2H3. The summed E-state index contributed by atoms with van der Waals surface area (Å²) in [5, 5.41) is 13.7. The molecule has 2 atom stereocenters. The second-order valence-electron chi connectivity index (χ2n) is 9.03. The summed E-state index contributed by atoms with van der Waals surface area (Å²) in [6.07, 6.45) is -2.09. The minimum Gasteiger partial charge on any atom is -0.591 e. The lowest BCUT2D eigenvalue weighted by molar-refractivity contribution is -0.140. The third-order valence-corrected chi connectivity index (χ3v) is 7.86. The van der Waals surface area contributed by atoms with E-state index in [-0.39, 0.29) is 18.9 Å². The maximum absolute atomic E-state index is 13.4. The first kappa shape index (κ1) is 25.6. The second-order valence-corrected chi connectivity index (χ2v) is 10.5. The Balaban J connectivity index is 1.48. The van der Waals surface area contributed by atoms with Crippen LogP contribution in [0.15, 0.2) is 53.8 Å². The van der Waals surface area contributed by atoms with Gasteiger partial charge in [-0.3, -0.25) is 4.90 Å². The Morgan fingerprint density at radius 1 is 1.08 bits per heavy atom. The third-order valence-electron chi connectivity index (χ3n) is 6.51. The highest BCUT2D eigenvalue weighted by molar-refractivity contribution is 7.89. The molecule has 0 N–H and O–H groups in total. The molecule has 37 heavy (non-hydrogen) atoms. The van der Waals surface area contributed by atoms with Gasteiger partial charge in [0, 0.05) is 25.5 Å². The lowest BCUT2D eigenvalue weighted by Gasteiger charge is -2.41. The van der Waals surface area contributed by atoms with E-state index < -0.39 is 30.0 Å². The number of hydrogen-bond donors (Lipinski definition) is 0. The lowest BCUT2D eigenvalue weighted by Crippen LogP contribution is -2.51. The molecule has 3 heterocycles. The molecular formula is C24H25F4N7OS. The van der Waals surface area contributed by atoms with Gasteiger partial charge in [-0.2, -0.15) is 28.2 Å². The fourth-order valence-corrected chi connectivity index (χ4v) is 5.78. The predicted octanol–water partition coefficient (Wildman–Crippen LogP) is 3.94. The molecule has 1 aliphatic rings. The van der Waals surface area contributed by atoms with Crippen molar-refractivity contribution in [1.82, 2.24) is 34.0 Å².